The van der Waals surface area contributed by atoms with Gasteiger partial charge in [0.05, 0.1) is 29.4 Å². The highest BCUT2D eigenvalue weighted by Crippen LogP contribution is 2.59. The number of carbonyl (C=O) groups is 2. The van der Waals surface area contributed by atoms with Gasteiger partial charge < -0.3 is 10.0 Å². The van der Waals surface area contributed by atoms with E-state index in [1.165, 1.54) is 12.8 Å². The number of aliphatic carboxylic acids is 1. The van der Waals surface area contributed by atoms with Crippen LogP contribution in [0.5, 0.6) is 0 Å². The molecule has 152 valence electrons. The number of carbonyl (C=O) groups excluding carboxylic acids is 1. The molecule has 1 aliphatic heterocycles. The van der Waals surface area contributed by atoms with Crippen molar-refractivity contribution in [3.05, 3.63) is 42.1 Å². The molecule has 2 aliphatic carbocycles. The zero-order chi connectivity index (χ0) is 20.0. The highest BCUT2D eigenvalue weighted by molar-refractivity contribution is 6.00. The largest absolute Gasteiger partial charge is 0.481 e. The molecule has 0 bridgehead atoms. The van der Waals surface area contributed by atoms with Crippen LogP contribution in [0.4, 0.5) is 0 Å². The Kier molecular flexibility index (Phi) is 4.45. The monoisotopic (exact) mass is 393 g/mol. The third-order valence-corrected chi connectivity index (χ3v) is 7.28. The van der Waals surface area contributed by atoms with E-state index in [0.29, 0.717) is 24.7 Å². The Hall–Kier alpha value is -2.63. The average Bonchev–Trinajstić information content (AvgIpc) is 3.11. The van der Waals surface area contributed by atoms with Crippen molar-refractivity contribution in [1.29, 1.82) is 0 Å². The lowest BCUT2D eigenvalue weighted by Gasteiger charge is -2.32. The fraction of sp³-hybridized carbons (Fsp3) is 0.522. The van der Waals surface area contributed by atoms with E-state index >= 15 is 0 Å². The third-order valence-electron chi connectivity index (χ3n) is 7.28. The van der Waals surface area contributed by atoms with Gasteiger partial charge in [-0.3, -0.25) is 14.3 Å². The molecule has 1 unspecified atom stereocenters. The maximum atomic E-state index is 13.4. The molecule has 6 heteroatoms. The molecule has 1 saturated heterocycles. The zero-order valence-electron chi connectivity index (χ0n) is 16.6. The highest BCUT2D eigenvalue weighted by Gasteiger charge is 2.59. The summed E-state index contributed by atoms with van der Waals surface area (Å²) < 4.78 is 2.07. The molecule has 1 atom stereocenters. The fourth-order valence-electron chi connectivity index (χ4n) is 5.40. The number of hydrogen-bond acceptors (Lipinski definition) is 3. The molecule has 1 spiro atoms. The van der Waals surface area contributed by atoms with E-state index in [4.69, 9.17) is 0 Å². The van der Waals surface area contributed by atoms with Gasteiger partial charge in [0.1, 0.15) is 0 Å². The van der Waals surface area contributed by atoms with Crippen molar-refractivity contribution in [2.75, 3.05) is 13.1 Å². The zero-order valence-corrected chi connectivity index (χ0v) is 16.6. The van der Waals surface area contributed by atoms with Gasteiger partial charge in [0.2, 0.25) is 0 Å². The van der Waals surface area contributed by atoms with Crippen LogP contribution < -0.4 is 0 Å². The number of amides is 1. The summed E-state index contributed by atoms with van der Waals surface area (Å²) in [7, 11) is 0. The van der Waals surface area contributed by atoms with Crippen LogP contribution in [0.1, 0.15) is 61.3 Å². The number of nitrogens with zero attached hydrogens (tertiary/aromatic N) is 3. The third kappa shape index (κ3) is 3.15. The molecule has 1 aromatic heterocycles. The molecule has 0 radical (unpaired) electrons. The van der Waals surface area contributed by atoms with E-state index in [0.717, 1.165) is 43.4 Å². The number of rotatable bonds is 4. The number of aromatic nitrogens is 2. The second-order valence-electron chi connectivity index (χ2n) is 8.91. The maximum absolute atomic E-state index is 13.4. The van der Waals surface area contributed by atoms with Gasteiger partial charge in [-0.1, -0.05) is 43.2 Å². The van der Waals surface area contributed by atoms with Crippen LogP contribution in [0.2, 0.25) is 0 Å². The highest BCUT2D eigenvalue weighted by atomic mass is 16.4. The summed E-state index contributed by atoms with van der Waals surface area (Å²) in [6, 6.07) is 10.4. The molecule has 2 saturated carbocycles. The lowest BCUT2D eigenvalue weighted by molar-refractivity contribution is -0.139. The Morgan fingerprint density at radius 2 is 1.76 bits per heavy atom. The maximum Gasteiger partial charge on any atom is 0.307 e. The van der Waals surface area contributed by atoms with Gasteiger partial charge in [-0.05, 0) is 37.5 Å². The molecule has 1 amide bonds. The van der Waals surface area contributed by atoms with Crippen LogP contribution >= 0.6 is 0 Å². The normalized spacial score (nSPS) is 23.4. The lowest BCUT2D eigenvalue weighted by atomic mass is 9.90. The number of carboxylic acid groups (broad SMARTS) is 1. The quantitative estimate of drug-likeness (QED) is 0.852. The molecule has 3 fully saturated rings. The molecule has 6 nitrogen and oxygen atoms in total. The van der Waals surface area contributed by atoms with Crippen molar-refractivity contribution < 1.29 is 14.7 Å². The van der Waals surface area contributed by atoms with Crippen molar-refractivity contribution in [3.63, 3.8) is 0 Å². The standard InChI is InChI=1S/C23H27N3O3/c27-21(25-12-10-23(11-13-25)14-19(23)22(28)29)18-15-24-26(17-8-4-5-9-17)20(18)16-6-2-1-3-7-16/h1-3,6-7,15,17,19H,4-5,8-14H2,(H,28,29). The van der Waals surface area contributed by atoms with E-state index in [2.05, 4.69) is 9.78 Å². The number of likely N-dealkylation sites (tertiary alicyclic amines) is 1. The van der Waals surface area contributed by atoms with E-state index in [1.807, 2.05) is 35.2 Å². The average molecular weight is 393 g/mol. The molecule has 29 heavy (non-hydrogen) atoms. The molecule has 1 aromatic carbocycles. The topological polar surface area (TPSA) is 75.4 Å². The van der Waals surface area contributed by atoms with Crippen LogP contribution in [0.15, 0.2) is 36.5 Å². The number of benzene rings is 1. The van der Waals surface area contributed by atoms with E-state index in [-0.39, 0.29) is 17.2 Å². The molecule has 2 aromatic rings. The predicted octanol–water partition coefficient (Wildman–Crippen LogP) is 3.99. The summed E-state index contributed by atoms with van der Waals surface area (Å²) in [6.45, 7) is 1.26. The first-order chi connectivity index (χ1) is 14.1. The summed E-state index contributed by atoms with van der Waals surface area (Å²) in [5.74, 6) is -0.880. The Labute approximate surface area is 170 Å². The van der Waals surface area contributed by atoms with Gasteiger partial charge in [-0.25, -0.2) is 0 Å². The van der Waals surface area contributed by atoms with Gasteiger partial charge in [-0.2, -0.15) is 5.10 Å². The van der Waals surface area contributed by atoms with Crippen LogP contribution in [-0.4, -0.2) is 44.8 Å². The Bertz CT molecular complexity index is 922. The Morgan fingerprint density at radius 3 is 2.38 bits per heavy atom. The molecular weight excluding hydrogens is 366 g/mol. The number of hydrogen-bond donors (Lipinski definition) is 1. The number of piperidine rings is 1. The molecule has 3 aliphatic rings. The number of carboxylic acids is 1. The van der Waals surface area contributed by atoms with Gasteiger partial charge in [0, 0.05) is 18.7 Å². The van der Waals surface area contributed by atoms with Crippen LogP contribution in [0, 0.1) is 11.3 Å². The van der Waals surface area contributed by atoms with Crippen LogP contribution in [0.25, 0.3) is 11.3 Å². The molecule has 5 rings (SSSR count). The van der Waals surface area contributed by atoms with Crippen molar-refractivity contribution >= 4 is 11.9 Å². The second-order valence-corrected chi connectivity index (χ2v) is 8.91. The van der Waals surface area contributed by atoms with E-state index < -0.39 is 5.97 Å². The van der Waals surface area contributed by atoms with Crippen LogP contribution in [0.3, 0.4) is 0 Å². The van der Waals surface area contributed by atoms with Crippen molar-refractivity contribution in [1.82, 2.24) is 14.7 Å². The summed E-state index contributed by atoms with van der Waals surface area (Å²) in [6.07, 6.45) is 8.71. The van der Waals surface area contributed by atoms with Crippen molar-refractivity contribution in [2.24, 2.45) is 11.3 Å². The van der Waals surface area contributed by atoms with Gasteiger partial charge in [0.25, 0.3) is 5.91 Å². The molecular formula is C23H27N3O3. The van der Waals surface area contributed by atoms with Gasteiger partial charge >= 0.3 is 5.97 Å². The summed E-state index contributed by atoms with van der Waals surface area (Å²) in [5, 5.41) is 14.0. The fourth-order valence-corrected chi connectivity index (χ4v) is 5.40. The summed E-state index contributed by atoms with van der Waals surface area (Å²) in [4.78, 5) is 26.6. The van der Waals surface area contributed by atoms with Gasteiger partial charge in [-0.15, -0.1) is 0 Å². The predicted molar refractivity (Wildman–Crippen MR) is 108 cm³/mol. The Morgan fingerprint density at radius 1 is 1.07 bits per heavy atom. The van der Waals surface area contributed by atoms with Gasteiger partial charge in [0.15, 0.2) is 0 Å². The minimum absolute atomic E-state index is 0.0236. The first-order valence-corrected chi connectivity index (χ1v) is 10.7. The van der Waals surface area contributed by atoms with E-state index in [9.17, 15) is 14.7 Å². The first kappa shape index (κ1) is 18.4. The summed E-state index contributed by atoms with van der Waals surface area (Å²) in [5.41, 5.74) is 2.56. The first-order valence-electron chi connectivity index (χ1n) is 10.7. The lowest BCUT2D eigenvalue weighted by Crippen LogP contribution is -2.40. The SMILES string of the molecule is O=C(O)C1CC12CCN(C(=O)c1cnn(C3CCCC3)c1-c1ccccc1)CC2. The van der Waals surface area contributed by atoms with E-state index in [1.54, 1.807) is 6.20 Å². The minimum atomic E-state index is -0.686. The van der Waals surface area contributed by atoms with Crippen LogP contribution in [-0.2, 0) is 4.79 Å². The second kappa shape index (κ2) is 7.01. The Balaban J connectivity index is 1.41. The van der Waals surface area contributed by atoms with Crippen molar-refractivity contribution in [2.45, 2.75) is 51.0 Å². The molecule has 2 heterocycles. The molecule has 1 N–H and O–H groups in total. The summed E-state index contributed by atoms with van der Waals surface area (Å²) >= 11 is 0. The smallest absolute Gasteiger partial charge is 0.307 e. The van der Waals surface area contributed by atoms with Crippen molar-refractivity contribution in [3.8, 4) is 11.3 Å². The minimum Gasteiger partial charge on any atom is -0.481 e.